The fourth-order valence-corrected chi connectivity index (χ4v) is 2.16. The molecule has 1 aromatic rings. The summed E-state index contributed by atoms with van der Waals surface area (Å²) in [6, 6.07) is 5.47. The van der Waals surface area contributed by atoms with Crippen molar-refractivity contribution in [2.24, 2.45) is 0 Å². The summed E-state index contributed by atoms with van der Waals surface area (Å²) in [5, 5.41) is 6.74. The lowest BCUT2D eigenvalue weighted by Crippen LogP contribution is -2.26. The molecule has 17 heavy (non-hydrogen) atoms. The normalized spacial score (nSPS) is 11.1. The van der Waals surface area contributed by atoms with Crippen LogP contribution in [0.5, 0.6) is 0 Å². The topological polar surface area (TPSA) is 24.1 Å². The molecule has 0 radical (unpaired) electrons. The van der Waals surface area contributed by atoms with Crippen molar-refractivity contribution in [2.45, 2.75) is 32.9 Å². The largest absolute Gasteiger partial charge is 0.314 e. The summed E-state index contributed by atoms with van der Waals surface area (Å²) < 4.78 is 13.9. The Kier molecular flexibility index (Phi) is 6.99. The van der Waals surface area contributed by atoms with Gasteiger partial charge in [-0.2, -0.15) is 0 Å². The Balaban J connectivity index is 2.18. The highest BCUT2D eigenvalue weighted by molar-refractivity contribution is 14.1. The van der Waals surface area contributed by atoms with Gasteiger partial charge in [0.15, 0.2) is 0 Å². The molecule has 0 aromatic heterocycles. The van der Waals surface area contributed by atoms with E-state index in [0.29, 0.717) is 6.04 Å². The summed E-state index contributed by atoms with van der Waals surface area (Å²) >= 11 is 2.17. The molecule has 2 N–H and O–H groups in total. The van der Waals surface area contributed by atoms with Gasteiger partial charge in [0, 0.05) is 16.2 Å². The molecule has 0 heterocycles. The van der Waals surface area contributed by atoms with E-state index >= 15 is 0 Å². The molecule has 4 heteroatoms. The number of halogens is 2. The minimum atomic E-state index is -0.167. The molecule has 96 valence electrons. The zero-order chi connectivity index (χ0) is 12.7. The second-order valence-corrected chi connectivity index (χ2v) is 5.54. The van der Waals surface area contributed by atoms with Crippen LogP contribution in [0.4, 0.5) is 4.39 Å². The number of benzene rings is 1. The molecule has 0 saturated carbocycles. The van der Waals surface area contributed by atoms with E-state index in [1.807, 2.05) is 6.07 Å². The second kappa shape index (κ2) is 8.00. The molecule has 0 aliphatic carbocycles. The average molecular weight is 350 g/mol. The Hall–Kier alpha value is -0.200. The molecule has 0 unspecified atom stereocenters. The fourth-order valence-electron chi connectivity index (χ4n) is 1.49. The minimum Gasteiger partial charge on any atom is -0.314 e. The quantitative estimate of drug-likeness (QED) is 0.584. The molecule has 0 bridgehead atoms. The van der Waals surface area contributed by atoms with Crippen molar-refractivity contribution in [3.63, 3.8) is 0 Å². The SMILES string of the molecule is CC(C)NCCCNCc1ccc(F)cc1I. The number of hydrogen-bond acceptors (Lipinski definition) is 2. The van der Waals surface area contributed by atoms with Gasteiger partial charge in [-0.15, -0.1) is 0 Å². The minimum absolute atomic E-state index is 0.167. The maximum Gasteiger partial charge on any atom is 0.124 e. The van der Waals surface area contributed by atoms with E-state index in [1.165, 1.54) is 6.07 Å². The van der Waals surface area contributed by atoms with Gasteiger partial charge in [-0.05, 0) is 59.8 Å². The Morgan fingerprint density at radius 2 is 2.06 bits per heavy atom. The number of nitrogens with one attached hydrogen (secondary N) is 2. The number of hydrogen-bond donors (Lipinski definition) is 2. The van der Waals surface area contributed by atoms with Gasteiger partial charge in [-0.1, -0.05) is 19.9 Å². The van der Waals surface area contributed by atoms with E-state index in [2.05, 4.69) is 47.1 Å². The van der Waals surface area contributed by atoms with Gasteiger partial charge in [0.25, 0.3) is 0 Å². The van der Waals surface area contributed by atoms with Crippen molar-refractivity contribution in [1.29, 1.82) is 0 Å². The molecule has 0 fully saturated rings. The Labute approximate surface area is 117 Å². The van der Waals surface area contributed by atoms with Crippen LogP contribution in [0.15, 0.2) is 18.2 Å². The third kappa shape index (κ3) is 6.33. The summed E-state index contributed by atoms with van der Waals surface area (Å²) in [6.07, 6.45) is 1.11. The highest BCUT2D eigenvalue weighted by atomic mass is 127. The molecule has 2 nitrogen and oxygen atoms in total. The predicted molar refractivity (Wildman–Crippen MR) is 78.6 cm³/mol. The third-order valence-corrected chi connectivity index (χ3v) is 3.42. The zero-order valence-corrected chi connectivity index (χ0v) is 12.6. The molecule has 0 aliphatic rings. The van der Waals surface area contributed by atoms with Gasteiger partial charge in [-0.3, -0.25) is 0 Å². The monoisotopic (exact) mass is 350 g/mol. The molecule has 0 aliphatic heterocycles. The van der Waals surface area contributed by atoms with E-state index in [-0.39, 0.29) is 5.82 Å². The van der Waals surface area contributed by atoms with Gasteiger partial charge >= 0.3 is 0 Å². The Bertz CT molecular complexity index is 342. The third-order valence-electron chi connectivity index (χ3n) is 2.41. The van der Waals surface area contributed by atoms with Crippen LogP contribution < -0.4 is 10.6 Å². The first kappa shape index (κ1) is 14.9. The lowest BCUT2D eigenvalue weighted by molar-refractivity contribution is 0.547. The van der Waals surface area contributed by atoms with Crippen molar-refractivity contribution in [3.8, 4) is 0 Å². The van der Waals surface area contributed by atoms with Gasteiger partial charge in [0.2, 0.25) is 0 Å². The van der Waals surface area contributed by atoms with Crippen LogP contribution in [-0.2, 0) is 6.54 Å². The first-order chi connectivity index (χ1) is 8.09. The molecular weight excluding hydrogens is 330 g/mol. The first-order valence-electron chi connectivity index (χ1n) is 5.97. The molecule has 0 atom stereocenters. The van der Waals surface area contributed by atoms with Gasteiger partial charge in [0.1, 0.15) is 5.82 Å². The van der Waals surface area contributed by atoms with Crippen LogP contribution in [-0.4, -0.2) is 19.1 Å². The molecular formula is C13H20FIN2. The van der Waals surface area contributed by atoms with Crippen molar-refractivity contribution in [3.05, 3.63) is 33.1 Å². The maximum atomic E-state index is 12.9. The smallest absolute Gasteiger partial charge is 0.124 e. The van der Waals surface area contributed by atoms with E-state index in [9.17, 15) is 4.39 Å². The van der Waals surface area contributed by atoms with Crippen LogP contribution in [0, 0.1) is 9.39 Å². The van der Waals surface area contributed by atoms with Crippen LogP contribution >= 0.6 is 22.6 Å². The van der Waals surface area contributed by atoms with Crippen molar-refractivity contribution < 1.29 is 4.39 Å². The molecule has 0 spiro atoms. The molecule has 1 rings (SSSR count). The predicted octanol–water partition coefficient (Wildman–Crippen LogP) is 2.91. The van der Waals surface area contributed by atoms with E-state index in [4.69, 9.17) is 0 Å². The Morgan fingerprint density at radius 1 is 1.29 bits per heavy atom. The second-order valence-electron chi connectivity index (χ2n) is 4.37. The van der Waals surface area contributed by atoms with Crippen LogP contribution in [0.2, 0.25) is 0 Å². The van der Waals surface area contributed by atoms with Gasteiger partial charge in [-0.25, -0.2) is 4.39 Å². The lowest BCUT2D eigenvalue weighted by atomic mass is 10.2. The van der Waals surface area contributed by atoms with Crippen LogP contribution in [0.3, 0.4) is 0 Å². The van der Waals surface area contributed by atoms with Gasteiger partial charge in [0.05, 0.1) is 0 Å². The molecule has 0 saturated heterocycles. The average Bonchev–Trinajstić information content (AvgIpc) is 2.25. The van der Waals surface area contributed by atoms with Crippen molar-refractivity contribution in [1.82, 2.24) is 10.6 Å². The van der Waals surface area contributed by atoms with Crippen LogP contribution in [0.1, 0.15) is 25.8 Å². The highest BCUT2D eigenvalue weighted by Gasteiger charge is 2.00. The summed E-state index contributed by atoms with van der Waals surface area (Å²) in [5.41, 5.74) is 1.16. The van der Waals surface area contributed by atoms with E-state index in [0.717, 1.165) is 35.2 Å². The fraction of sp³-hybridized carbons (Fsp3) is 0.538. The lowest BCUT2D eigenvalue weighted by Gasteiger charge is -2.09. The standard InChI is InChI=1S/C13H20FIN2/c1-10(2)17-7-3-6-16-9-11-4-5-12(14)8-13(11)15/h4-5,8,10,16-17H,3,6-7,9H2,1-2H3. The van der Waals surface area contributed by atoms with Crippen molar-refractivity contribution in [2.75, 3.05) is 13.1 Å². The van der Waals surface area contributed by atoms with Gasteiger partial charge < -0.3 is 10.6 Å². The molecule has 1 aromatic carbocycles. The highest BCUT2D eigenvalue weighted by Crippen LogP contribution is 2.13. The maximum absolute atomic E-state index is 12.9. The molecule has 0 amide bonds. The Morgan fingerprint density at radius 3 is 2.71 bits per heavy atom. The first-order valence-corrected chi connectivity index (χ1v) is 7.05. The summed E-state index contributed by atoms with van der Waals surface area (Å²) in [5.74, 6) is -0.167. The summed E-state index contributed by atoms with van der Waals surface area (Å²) in [6.45, 7) is 7.11. The van der Waals surface area contributed by atoms with Crippen LogP contribution in [0.25, 0.3) is 0 Å². The number of rotatable bonds is 7. The van der Waals surface area contributed by atoms with Crippen molar-refractivity contribution >= 4 is 22.6 Å². The summed E-state index contributed by atoms with van der Waals surface area (Å²) in [7, 11) is 0. The van der Waals surface area contributed by atoms with E-state index in [1.54, 1.807) is 6.07 Å². The summed E-state index contributed by atoms with van der Waals surface area (Å²) in [4.78, 5) is 0. The zero-order valence-electron chi connectivity index (χ0n) is 10.4. The van der Waals surface area contributed by atoms with E-state index < -0.39 is 0 Å².